The minimum atomic E-state index is 0.149. The van der Waals surface area contributed by atoms with Gasteiger partial charge in [0.05, 0.1) is 7.11 Å². The van der Waals surface area contributed by atoms with E-state index in [0.717, 1.165) is 23.3 Å². The van der Waals surface area contributed by atoms with Gasteiger partial charge in [0.15, 0.2) is 5.78 Å². The van der Waals surface area contributed by atoms with Crippen LogP contribution in [0, 0.1) is 5.92 Å². The highest BCUT2D eigenvalue weighted by Crippen LogP contribution is 2.29. The van der Waals surface area contributed by atoms with Gasteiger partial charge in [-0.15, -0.1) is 0 Å². The van der Waals surface area contributed by atoms with Crippen molar-refractivity contribution < 1.29 is 14.6 Å². The van der Waals surface area contributed by atoms with Crippen LogP contribution in [0.4, 0.5) is 0 Å². The molecule has 2 rings (SSSR count). The van der Waals surface area contributed by atoms with Crippen molar-refractivity contribution >= 4 is 11.9 Å². The Hall–Kier alpha value is -1.61. The number of aliphatic hydroxyl groups excluding tert-OH is 1. The van der Waals surface area contributed by atoms with Crippen LogP contribution in [-0.4, -0.2) is 24.6 Å². The number of allylic oxidation sites excluding steroid dienone is 1. The molecule has 1 aromatic carbocycles. The van der Waals surface area contributed by atoms with Crippen molar-refractivity contribution in [2.45, 2.75) is 19.3 Å². The third-order valence-corrected chi connectivity index (χ3v) is 3.37. The Bertz CT molecular complexity index is 463. The van der Waals surface area contributed by atoms with Gasteiger partial charge in [-0.2, -0.15) is 0 Å². The molecular weight excluding hydrogens is 228 g/mol. The molecule has 0 spiro atoms. The number of para-hydroxylation sites is 1. The fraction of sp³-hybridized carbons (Fsp3) is 0.400. The molecule has 1 fully saturated rings. The summed E-state index contributed by atoms with van der Waals surface area (Å²) >= 11 is 0. The predicted octanol–water partition coefficient (Wildman–Crippen LogP) is 2.44. The molecule has 3 heteroatoms. The normalized spacial score (nSPS) is 22.2. The lowest BCUT2D eigenvalue weighted by atomic mass is 9.84. The molecule has 3 nitrogen and oxygen atoms in total. The summed E-state index contributed by atoms with van der Waals surface area (Å²) in [5.41, 5.74) is 1.71. The molecule has 0 saturated heterocycles. The summed E-state index contributed by atoms with van der Waals surface area (Å²) in [5, 5.41) is 9.20. The van der Waals surface area contributed by atoms with E-state index in [-0.39, 0.29) is 18.3 Å². The van der Waals surface area contributed by atoms with Crippen molar-refractivity contribution in [3.8, 4) is 5.75 Å². The van der Waals surface area contributed by atoms with Crippen LogP contribution in [0.3, 0.4) is 0 Å². The molecule has 0 amide bonds. The lowest BCUT2D eigenvalue weighted by Crippen LogP contribution is -2.19. The first-order valence-electron chi connectivity index (χ1n) is 6.22. The molecular formula is C15H18O3. The van der Waals surface area contributed by atoms with E-state index in [4.69, 9.17) is 4.74 Å². The summed E-state index contributed by atoms with van der Waals surface area (Å²) in [4.78, 5) is 11.9. The van der Waals surface area contributed by atoms with Gasteiger partial charge in [-0.25, -0.2) is 0 Å². The van der Waals surface area contributed by atoms with Crippen LogP contribution >= 0.6 is 0 Å². The minimum absolute atomic E-state index is 0.149. The SMILES string of the molecule is COc1ccccc1C=C1CC(CO)CCC1=O. The molecule has 1 aliphatic rings. The number of Topliss-reactive ketones (excluding diaryl/α,β-unsaturated/α-hetero) is 1. The molecule has 0 aliphatic heterocycles. The van der Waals surface area contributed by atoms with Gasteiger partial charge in [-0.1, -0.05) is 18.2 Å². The number of rotatable bonds is 3. The number of benzene rings is 1. The fourth-order valence-corrected chi connectivity index (χ4v) is 2.29. The zero-order chi connectivity index (χ0) is 13.0. The van der Waals surface area contributed by atoms with Crippen molar-refractivity contribution in [1.82, 2.24) is 0 Å². The molecule has 1 aromatic rings. The number of hydrogen-bond acceptors (Lipinski definition) is 3. The van der Waals surface area contributed by atoms with Crippen molar-refractivity contribution in [2.75, 3.05) is 13.7 Å². The first-order chi connectivity index (χ1) is 8.74. The molecule has 1 unspecified atom stereocenters. The number of carbonyl (C=O) groups excluding carboxylic acids is 1. The Morgan fingerprint density at radius 1 is 1.44 bits per heavy atom. The zero-order valence-corrected chi connectivity index (χ0v) is 10.6. The molecule has 0 heterocycles. The second kappa shape index (κ2) is 5.83. The highest BCUT2D eigenvalue weighted by atomic mass is 16.5. The van der Waals surface area contributed by atoms with Crippen LogP contribution in [0.5, 0.6) is 5.75 Å². The summed E-state index contributed by atoms with van der Waals surface area (Å²) in [7, 11) is 1.62. The Morgan fingerprint density at radius 2 is 2.22 bits per heavy atom. The summed E-state index contributed by atoms with van der Waals surface area (Å²) in [6.45, 7) is 0.149. The molecule has 1 aliphatic carbocycles. The van der Waals surface area contributed by atoms with E-state index in [1.165, 1.54) is 0 Å². The van der Waals surface area contributed by atoms with Gasteiger partial charge in [-0.05, 0) is 36.5 Å². The summed E-state index contributed by atoms with van der Waals surface area (Å²) < 4.78 is 5.27. The Kier molecular flexibility index (Phi) is 4.15. The molecule has 0 bridgehead atoms. The first kappa shape index (κ1) is 12.8. The van der Waals surface area contributed by atoms with E-state index in [1.807, 2.05) is 30.3 Å². The van der Waals surface area contributed by atoms with Crippen molar-refractivity contribution in [3.63, 3.8) is 0 Å². The lowest BCUT2D eigenvalue weighted by molar-refractivity contribution is -0.117. The Balaban J connectivity index is 2.27. The van der Waals surface area contributed by atoms with E-state index in [1.54, 1.807) is 7.11 Å². The van der Waals surface area contributed by atoms with Crippen LogP contribution < -0.4 is 4.74 Å². The van der Waals surface area contributed by atoms with E-state index in [9.17, 15) is 9.90 Å². The topological polar surface area (TPSA) is 46.5 Å². The van der Waals surface area contributed by atoms with Gasteiger partial charge in [-0.3, -0.25) is 4.79 Å². The summed E-state index contributed by atoms with van der Waals surface area (Å²) in [6.07, 6.45) is 3.88. The van der Waals surface area contributed by atoms with E-state index >= 15 is 0 Å². The molecule has 0 aromatic heterocycles. The standard InChI is InChI=1S/C15H18O3/c1-18-15-5-3-2-4-12(15)9-13-8-11(10-16)6-7-14(13)17/h2-5,9,11,16H,6-8,10H2,1H3. The average Bonchev–Trinajstić information content (AvgIpc) is 2.42. The molecule has 1 saturated carbocycles. The Morgan fingerprint density at radius 3 is 2.94 bits per heavy atom. The number of methoxy groups -OCH3 is 1. The largest absolute Gasteiger partial charge is 0.496 e. The minimum Gasteiger partial charge on any atom is -0.496 e. The predicted molar refractivity (Wildman–Crippen MR) is 70.4 cm³/mol. The lowest BCUT2D eigenvalue weighted by Gasteiger charge is -2.21. The third kappa shape index (κ3) is 2.79. The second-order valence-corrected chi connectivity index (χ2v) is 4.63. The van der Waals surface area contributed by atoms with Gasteiger partial charge in [0.1, 0.15) is 5.75 Å². The Labute approximate surface area is 107 Å². The highest BCUT2D eigenvalue weighted by Gasteiger charge is 2.22. The number of aliphatic hydroxyl groups is 1. The molecule has 1 N–H and O–H groups in total. The summed E-state index contributed by atoms with van der Waals surface area (Å²) in [5.74, 6) is 1.16. The van der Waals surface area contributed by atoms with Gasteiger partial charge < -0.3 is 9.84 Å². The van der Waals surface area contributed by atoms with E-state index < -0.39 is 0 Å². The maximum Gasteiger partial charge on any atom is 0.158 e. The van der Waals surface area contributed by atoms with Crippen LogP contribution in [0.15, 0.2) is 29.8 Å². The monoisotopic (exact) mass is 246 g/mol. The molecule has 18 heavy (non-hydrogen) atoms. The molecule has 96 valence electrons. The van der Waals surface area contributed by atoms with Crippen LogP contribution in [-0.2, 0) is 4.79 Å². The van der Waals surface area contributed by atoms with Gasteiger partial charge in [0, 0.05) is 18.6 Å². The fourth-order valence-electron chi connectivity index (χ4n) is 2.29. The van der Waals surface area contributed by atoms with Crippen molar-refractivity contribution in [2.24, 2.45) is 5.92 Å². The number of hydrogen-bond donors (Lipinski definition) is 1. The van der Waals surface area contributed by atoms with Crippen molar-refractivity contribution in [3.05, 3.63) is 35.4 Å². The maximum atomic E-state index is 11.9. The van der Waals surface area contributed by atoms with Crippen molar-refractivity contribution in [1.29, 1.82) is 0 Å². The number of ketones is 1. The third-order valence-electron chi connectivity index (χ3n) is 3.37. The summed E-state index contributed by atoms with van der Waals surface area (Å²) in [6, 6.07) is 7.64. The second-order valence-electron chi connectivity index (χ2n) is 4.63. The van der Waals surface area contributed by atoms with Gasteiger partial charge in [0.25, 0.3) is 0 Å². The maximum absolute atomic E-state index is 11.9. The van der Waals surface area contributed by atoms with Gasteiger partial charge in [0.2, 0.25) is 0 Å². The quantitative estimate of drug-likeness (QED) is 0.833. The first-order valence-corrected chi connectivity index (χ1v) is 6.22. The van der Waals surface area contributed by atoms with Gasteiger partial charge >= 0.3 is 0 Å². The molecule has 0 radical (unpaired) electrons. The number of carbonyl (C=O) groups is 1. The highest BCUT2D eigenvalue weighted by molar-refractivity contribution is 6.00. The van der Waals surface area contributed by atoms with E-state index in [2.05, 4.69) is 0 Å². The van der Waals surface area contributed by atoms with E-state index in [0.29, 0.717) is 12.8 Å². The molecule has 1 atom stereocenters. The van der Waals surface area contributed by atoms with Crippen LogP contribution in [0.25, 0.3) is 6.08 Å². The number of ether oxygens (including phenoxy) is 1. The smallest absolute Gasteiger partial charge is 0.158 e. The van der Waals surface area contributed by atoms with Crippen LogP contribution in [0.2, 0.25) is 0 Å². The van der Waals surface area contributed by atoms with Crippen LogP contribution in [0.1, 0.15) is 24.8 Å². The zero-order valence-electron chi connectivity index (χ0n) is 10.6. The average molecular weight is 246 g/mol.